The molecular weight excluding hydrogens is 180 g/mol. The van der Waals surface area contributed by atoms with E-state index in [9.17, 15) is 4.79 Å². The Morgan fingerprint density at radius 2 is 1.79 bits per heavy atom. The fourth-order valence-electron chi connectivity index (χ4n) is 1.83. The minimum absolute atomic E-state index is 0.0173. The van der Waals surface area contributed by atoms with Crippen LogP contribution in [0.5, 0.6) is 0 Å². The van der Waals surface area contributed by atoms with Gasteiger partial charge in [-0.05, 0) is 26.7 Å². The molecule has 1 fully saturated rings. The predicted octanol–water partition coefficient (Wildman–Crippen LogP) is 1.21. The summed E-state index contributed by atoms with van der Waals surface area (Å²) < 4.78 is 5.59. The highest BCUT2D eigenvalue weighted by molar-refractivity contribution is 5.73. The Morgan fingerprint density at radius 3 is 2.21 bits per heavy atom. The van der Waals surface area contributed by atoms with E-state index in [0.29, 0.717) is 0 Å². The first-order chi connectivity index (χ1) is 6.49. The van der Waals surface area contributed by atoms with E-state index in [0.717, 1.165) is 12.8 Å². The third-order valence-corrected chi connectivity index (χ3v) is 2.43. The van der Waals surface area contributed by atoms with Crippen LogP contribution < -0.4 is 5.32 Å². The van der Waals surface area contributed by atoms with Crippen molar-refractivity contribution >= 4 is 6.03 Å². The van der Waals surface area contributed by atoms with Gasteiger partial charge in [-0.3, -0.25) is 0 Å². The molecule has 4 nitrogen and oxygen atoms in total. The lowest BCUT2D eigenvalue weighted by Gasteiger charge is -2.33. The smallest absolute Gasteiger partial charge is 0.317 e. The maximum atomic E-state index is 11.4. The van der Waals surface area contributed by atoms with Crippen LogP contribution in [0.3, 0.4) is 0 Å². The third-order valence-electron chi connectivity index (χ3n) is 2.43. The lowest BCUT2D eigenvalue weighted by Crippen LogP contribution is -2.47. The van der Waals surface area contributed by atoms with Crippen LogP contribution in [0.4, 0.5) is 4.79 Å². The molecule has 2 amide bonds. The largest absolute Gasteiger partial charge is 0.375 e. The number of hydrogen-bond acceptors (Lipinski definition) is 2. The molecule has 0 aliphatic carbocycles. The van der Waals surface area contributed by atoms with Crippen molar-refractivity contribution in [3.63, 3.8) is 0 Å². The summed E-state index contributed by atoms with van der Waals surface area (Å²) in [6.07, 6.45) is 2.30. The third kappa shape index (κ3) is 3.18. The maximum Gasteiger partial charge on any atom is 0.317 e. The zero-order chi connectivity index (χ0) is 10.7. The number of urea groups is 1. The standard InChI is InChI=1S/C10H20N2O2/c1-7-5-9(6-8(2)14-7)11-10(13)12(3)4/h7-9H,5-6H2,1-4H3,(H,11,13). The van der Waals surface area contributed by atoms with E-state index >= 15 is 0 Å². The molecule has 2 atom stereocenters. The Kier molecular flexibility index (Phi) is 3.75. The Balaban J connectivity index is 2.40. The summed E-state index contributed by atoms with van der Waals surface area (Å²) in [4.78, 5) is 13.0. The molecule has 1 heterocycles. The first-order valence-electron chi connectivity index (χ1n) is 5.12. The number of nitrogens with one attached hydrogen (secondary N) is 1. The average molecular weight is 200 g/mol. The van der Waals surface area contributed by atoms with Gasteiger partial charge in [0.2, 0.25) is 0 Å². The fourth-order valence-corrected chi connectivity index (χ4v) is 1.83. The van der Waals surface area contributed by atoms with Crippen LogP contribution in [0.1, 0.15) is 26.7 Å². The fraction of sp³-hybridized carbons (Fsp3) is 0.900. The van der Waals surface area contributed by atoms with Crippen LogP contribution in [-0.4, -0.2) is 43.3 Å². The molecule has 0 saturated carbocycles. The quantitative estimate of drug-likeness (QED) is 0.691. The van der Waals surface area contributed by atoms with E-state index in [-0.39, 0.29) is 24.3 Å². The van der Waals surface area contributed by atoms with Gasteiger partial charge in [0, 0.05) is 20.1 Å². The van der Waals surface area contributed by atoms with E-state index in [4.69, 9.17) is 4.74 Å². The van der Waals surface area contributed by atoms with Gasteiger partial charge in [-0.15, -0.1) is 0 Å². The summed E-state index contributed by atoms with van der Waals surface area (Å²) >= 11 is 0. The van der Waals surface area contributed by atoms with Crippen molar-refractivity contribution in [2.75, 3.05) is 14.1 Å². The van der Waals surface area contributed by atoms with Crippen molar-refractivity contribution in [1.82, 2.24) is 10.2 Å². The first-order valence-corrected chi connectivity index (χ1v) is 5.12. The number of carbonyl (C=O) groups excluding carboxylic acids is 1. The molecule has 4 heteroatoms. The summed E-state index contributed by atoms with van der Waals surface area (Å²) in [7, 11) is 3.50. The monoisotopic (exact) mass is 200 g/mol. The SMILES string of the molecule is CC1CC(NC(=O)N(C)C)CC(C)O1. The van der Waals surface area contributed by atoms with Crippen molar-refractivity contribution < 1.29 is 9.53 Å². The van der Waals surface area contributed by atoms with Crippen LogP contribution in [-0.2, 0) is 4.74 Å². The highest BCUT2D eigenvalue weighted by Crippen LogP contribution is 2.18. The number of hydrogen-bond donors (Lipinski definition) is 1. The van der Waals surface area contributed by atoms with Crippen molar-refractivity contribution in [1.29, 1.82) is 0 Å². The minimum atomic E-state index is -0.0173. The zero-order valence-electron chi connectivity index (χ0n) is 9.41. The summed E-state index contributed by atoms with van der Waals surface area (Å²) in [5.41, 5.74) is 0. The molecule has 0 aromatic carbocycles. The van der Waals surface area contributed by atoms with Gasteiger partial charge < -0.3 is 15.0 Å². The Labute approximate surface area is 85.6 Å². The molecule has 1 aliphatic heterocycles. The van der Waals surface area contributed by atoms with Crippen LogP contribution in [0.15, 0.2) is 0 Å². The Hall–Kier alpha value is -0.770. The lowest BCUT2D eigenvalue weighted by molar-refractivity contribution is -0.0405. The van der Waals surface area contributed by atoms with Gasteiger partial charge in [-0.1, -0.05) is 0 Å². The number of amides is 2. The molecule has 1 N–H and O–H groups in total. The number of carbonyl (C=O) groups is 1. The zero-order valence-corrected chi connectivity index (χ0v) is 9.41. The molecule has 0 aromatic rings. The summed E-state index contributed by atoms with van der Waals surface area (Å²) in [6, 6.07) is 0.236. The molecule has 0 bridgehead atoms. The molecule has 0 spiro atoms. The van der Waals surface area contributed by atoms with E-state index in [1.54, 1.807) is 19.0 Å². The molecule has 2 unspecified atom stereocenters. The summed E-state index contributed by atoms with van der Waals surface area (Å²) in [5, 5.41) is 2.99. The topological polar surface area (TPSA) is 41.6 Å². The van der Waals surface area contributed by atoms with Crippen molar-refractivity contribution in [2.24, 2.45) is 0 Å². The molecule has 0 radical (unpaired) electrons. The van der Waals surface area contributed by atoms with Crippen molar-refractivity contribution in [3.05, 3.63) is 0 Å². The highest BCUT2D eigenvalue weighted by atomic mass is 16.5. The summed E-state index contributed by atoms with van der Waals surface area (Å²) in [6.45, 7) is 4.09. The van der Waals surface area contributed by atoms with E-state index in [1.807, 2.05) is 13.8 Å². The predicted molar refractivity (Wildman–Crippen MR) is 55.2 cm³/mol. The highest BCUT2D eigenvalue weighted by Gasteiger charge is 2.25. The second-order valence-electron chi connectivity index (χ2n) is 4.27. The van der Waals surface area contributed by atoms with Crippen molar-refractivity contribution in [3.8, 4) is 0 Å². The first kappa shape index (κ1) is 11.3. The normalized spacial score (nSPS) is 32.4. The number of nitrogens with zero attached hydrogens (tertiary/aromatic N) is 1. The van der Waals surface area contributed by atoms with Gasteiger partial charge in [0.05, 0.1) is 12.2 Å². The van der Waals surface area contributed by atoms with Gasteiger partial charge >= 0.3 is 6.03 Å². The lowest BCUT2D eigenvalue weighted by atomic mass is 10.0. The van der Waals surface area contributed by atoms with Gasteiger partial charge in [-0.25, -0.2) is 4.79 Å². The van der Waals surface area contributed by atoms with Crippen LogP contribution in [0, 0.1) is 0 Å². The van der Waals surface area contributed by atoms with Gasteiger partial charge in [0.15, 0.2) is 0 Å². The van der Waals surface area contributed by atoms with E-state index in [1.165, 1.54) is 0 Å². The maximum absolute atomic E-state index is 11.4. The molecule has 82 valence electrons. The van der Waals surface area contributed by atoms with Gasteiger partial charge in [0.1, 0.15) is 0 Å². The van der Waals surface area contributed by atoms with Crippen LogP contribution in [0.25, 0.3) is 0 Å². The average Bonchev–Trinajstić information content (AvgIpc) is 2.01. The summed E-state index contributed by atoms with van der Waals surface area (Å²) in [5.74, 6) is 0. The second kappa shape index (κ2) is 4.64. The minimum Gasteiger partial charge on any atom is -0.375 e. The van der Waals surface area contributed by atoms with Gasteiger partial charge in [0.25, 0.3) is 0 Å². The number of ether oxygens (including phenoxy) is 1. The van der Waals surface area contributed by atoms with Crippen molar-refractivity contribution in [2.45, 2.75) is 44.9 Å². The van der Waals surface area contributed by atoms with Crippen LogP contribution >= 0.6 is 0 Å². The second-order valence-corrected chi connectivity index (χ2v) is 4.27. The molecular formula is C10H20N2O2. The molecule has 1 aliphatic rings. The Bertz CT molecular complexity index is 196. The molecule has 14 heavy (non-hydrogen) atoms. The molecule has 0 aromatic heterocycles. The Morgan fingerprint density at radius 1 is 1.29 bits per heavy atom. The van der Waals surface area contributed by atoms with E-state index in [2.05, 4.69) is 5.32 Å². The van der Waals surface area contributed by atoms with E-state index < -0.39 is 0 Å². The molecule has 1 rings (SSSR count). The molecule has 1 saturated heterocycles. The van der Waals surface area contributed by atoms with Gasteiger partial charge in [-0.2, -0.15) is 0 Å². The number of rotatable bonds is 1. The van der Waals surface area contributed by atoms with Crippen LogP contribution in [0.2, 0.25) is 0 Å².